The average molecular weight is 217 g/mol. The largest absolute Gasteiger partial charge is 0.496 e. The number of aryl methyl sites for hydroxylation is 1. The molecule has 0 aliphatic heterocycles. The molecule has 0 spiro atoms. The molecule has 0 aliphatic rings. The number of nitrogens with one attached hydrogen (secondary N) is 1. The molecule has 0 saturated carbocycles. The lowest BCUT2D eigenvalue weighted by atomic mass is 10.2. The van der Waals surface area contributed by atoms with Crippen molar-refractivity contribution in [3.05, 3.63) is 42.2 Å². The van der Waals surface area contributed by atoms with Crippen molar-refractivity contribution in [1.82, 2.24) is 9.78 Å². The molecule has 0 unspecified atom stereocenters. The first-order chi connectivity index (χ1) is 7.79. The summed E-state index contributed by atoms with van der Waals surface area (Å²) in [5, 5.41) is 7.39. The summed E-state index contributed by atoms with van der Waals surface area (Å²) in [6, 6.07) is 7.97. The van der Waals surface area contributed by atoms with Gasteiger partial charge in [-0.25, -0.2) is 0 Å². The molecule has 1 aromatic heterocycles. The minimum atomic E-state index is 0.732. The predicted octanol–water partition coefficient (Wildman–Crippen LogP) is 2.04. The highest BCUT2D eigenvalue weighted by Crippen LogP contribution is 2.18. The van der Waals surface area contributed by atoms with Gasteiger partial charge >= 0.3 is 0 Å². The van der Waals surface area contributed by atoms with Gasteiger partial charge in [-0.2, -0.15) is 5.10 Å². The van der Waals surface area contributed by atoms with Crippen molar-refractivity contribution in [3.63, 3.8) is 0 Å². The van der Waals surface area contributed by atoms with Gasteiger partial charge in [0, 0.05) is 25.4 Å². The fourth-order valence-electron chi connectivity index (χ4n) is 1.56. The Morgan fingerprint density at radius 1 is 1.38 bits per heavy atom. The van der Waals surface area contributed by atoms with Crippen molar-refractivity contribution < 1.29 is 4.74 Å². The van der Waals surface area contributed by atoms with Crippen LogP contribution in [0.5, 0.6) is 5.75 Å². The fourth-order valence-corrected chi connectivity index (χ4v) is 1.56. The van der Waals surface area contributed by atoms with E-state index in [2.05, 4.69) is 10.4 Å². The summed E-state index contributed by atoms with van der Waals surface area (Å²) in [6.45, 7) is 0.732. The minimum absolute atomic E-state index is 0.732. The van der Waals surface area contributed by atoms with Gasteiger partial charge in [-0.1, -0.05) is 18.2 Å². The van der Waals surface area contributed by atoms with Crippen LogP contribution in [0.4, 0.5) is 5.69 Å². The number of methoxy groups -OCH3 is 1. The van der Waals surface area contributed by atoms with Gasteiger partial charge in [-0.15, -0.1) is 0 Å². The van der Waals surface area contributed by atoms with E-state index in [-0.39, 0.29) is 0 Å². The number of ether oxygens (including phenoxy) is 1. The van der Waals surface area contributed by atoms with E-state index in [1.54, 1.807) is 18.0 Å². The van der Waals surface area contributed by atoms with Gasteiger partial charge in [0.05, 0.1) is 19.0 Å². The maximum Gasteiger partial charge on any atom is 0.123 e. The third-order valence-corrected chi connectivity index (χ3v) is 2.38. The maximum atomic E-state index is 5.28. The summed E-state index contributed by atoms with van der Waals surface area (Å²) in [5.41, 5.74) is 2.14. The highest BCUT2D eigenvalue weighted by Gasteiger charge is 2.01. The average Bonchev–Trinajstić information content (AvgIpc) is 2.73. The molecule has 16 heavy (non-hydrogen) atoms. The molecule has 0 radical (unpaired) electrons. The Morgan fingerprint density at radius 3 is 2.88 bits per heavy atom. The standard InChI is InChI=1S/C12H15N3O/c1-15-9-11(8-14-15)13-7-10-5-3-4-6-12(10)16-2/h3-6,8-9,13H,7H2,1-2H3. The van der Waals surface area contributed by atoms with Gasteiger partial charge in [-0.3, -0.25) is 4.68 Å². The van der Waals surface area contributed by atoms with Crippen LogP contribution >= 0.6 is 0 Å². The van der Waals surface area contributed by atoms with E-state index in [4.69, 9.17) is 4.74 Å². The lowest BCUT2D eigenvalue weighted by Crippen LogP contribution is -2.00. The summed E-state index contributed by atoms with van der Waals surface area (Å²) in [4.78, 5) is 0. The van der Waals surface area contributed by atoms with Crippen molar-refractivity contribution in [1.29, 1.82) is 0 Å². The first-order valence-corrected chi connectivity index (χ1v) is 5.14. The molecule has 0 saturated heterocycles. The van der Waals surface area contributed by atoms with E-state index < -0.39 is 0 Å². The van der Waals surface area contributed by atoms with Crippen LogP contribution in [0.15, 0.2) is 36.7 Å². The lowest BCUT2D eigenvalue weighted by molar-refractivity contribution is 0.410. The summed E-state index contributed by atoms with van der Waals surface area (Å²) < 4.78 is 7.05. The summed E-state index contributed by atoms with van der Waals surface area (Å²) in [5.74, 6) is 0.902. The first kappa shape index (κ1) is 10.5. The van der Waals surface area contributed by atoms with Gasteiger partial charge < -0.3 is 10.1 Å². The zero-order valence-electron chi connectivity index (χ0n) is 9.47. The zero-order valence-corrected chi connectivity index (χ0v) is 9.47. The first-order valence-electron chi connectivity index (χ1n) is 5.14. The number of rotatable bonds is 4. The van der Waals surface area contributed by atoms with E-state index in [1.165, 1.54) is 0 Å². The molecule has 2 aromatic rings. The third-order valence-electron chi connectivity index (χ3n) is 2.38. The highest BCUT2D eigenvalue weighted by molar-refractivity contribution is 5.42. The Labute approximate surface area is 94.9 Å². The van der Waals surface area contributed by atoms with E-state index in [0.29, 0.717) is 0 Å². The molecule has 1 N–H and O–H groups in total. The van der Waals surface area contributed by atoms with Crippen LogP contribution in [-0.2, 0) is 13.6 Å². The summed E-state index contributed by atoms with van der Waals surface area (Å²) in [7, 11) is 3.58. The molecule has 84 valence electrons. The van der Waals surface area contributed by atoms with Gasteiger partial charge in [0.1, 0.15) is 5.75 Å². The molecule has 2 rings (SSSR count). The van der Waals surface area contributed by atoms with Crippen LogP contribution < -0.4 is 10.1 Å². The van der Waals surface area contributed by atoms with Crippen LogP contribution in [0.1, 0.15) is 5.56 Å². The van der Waals surface area contributed by atoms with Crippen LogP contribution in [0.2, 0.25) is 0 Å². The Balaban J connectivity index is 2.04. The zero-order chi connectivity index (χ0) is 11.4. The van der Waals surface area contributed by atoms with Crippen molar-refractivity contribution >= 4 is 5.69 Å². The number of hydrogen-bond donors (Lipinski definition) is 1. The SMILES string of the molecule is COc1ccccc1CNc1cnn(C)c1. The van der Waals surface area contributed by atoms with Gasteiger partial charge in [-0.05, 0) is 6.07 Å². The number of nitrogens with zero attached hydrogens (tertiary/aromatic N) is 2. The number of benzene rings is 1. The Morgan fingerprint density at radius 2 is 2.19 bits per heavy atom. The molecule has 1 heterocycles. The molecule has 1 aromatic carbocycles. The quantitative estimate of drug-likeness (QED) is 0.851. The fraction of sp³-hybridized carbons (Fsp3) is 0.250. The normalized spacial score (nSPS) is 10.1. The number of anilines is 1. The maximum absolute atomic E-state index is 5.28. The smallest absolute Gasteiger partial charge is 0.123 e. The van der Waals surface area contributed by atoms with E-state index >= 15 is 0 Å². The second-order valence-electron chi connectivity index (χ2n) is 3.57. The second-order valence-corrected chi connectivity index (χ2v) is 3.57. The molecule has 0 aliphatic carbocycles. The van der Waals surface area contributed by atoms with Crippen LogP contribution in [0.3, 0.4) is 0 Å². The monoisotopic (exact) mass is 217 g/mol. The van der Waals surface area contributed by atoms with Gasteiger partial charge in [0.15, 0.2) is 0 Å². The van der Waals surface area contributed by atoms with E-state index in [1.807, 2.05) is 37.5 Å². The van der Waals surface area contributed by atoms with Crippen LogP contribution in [0.25, 0.3) is 0 Å². The van der Waals surface area contributed by atoms with Gasteiger partial charge in [0.25, 0.3) is 0 Å². The van der Waals surface area contributed by atoms with E-state index in [9.17, 15) is 0 Å². The van der Waals surface area contributed by atoms with Gasteiger partial charge in [0.2, 0.25) is 0 Å². The Kier molecular flexibility index (Phi) is 3.10. The van der Waals surface area contributed by atoms with Crippen molar-refractivity contribution in [2.45, 2.75) is 6.54 Å². The molecular weight excluding hydrogens is 202 g/mol. The minimum Gasteiger partial charge on any atom is -0.496 e. The number of para-hydroxylation sites is 1. The van der Waals surface area contributed by atoms with Crippen molar-refractivity contribution in [2.75, 3.05) is 12.4 Å². The Hall–Kier alpha value is -1.97. The molecule has 0 atom stereocenters. The second kappa shape index (κ2) is 4.70. The third kappa shape index (κ3) is 2.34. The summed E-state index contributed by atoms with van der Waals surface area (Å²) >= 11 is 0. The molecule has 0 fully saturated rings. The topological polar surface area (TPSA) is 39.1 Å². The lowest BCUT2D eigenvalue weighted by Gasteiger charge is -2.08. The van der Waals surface area contributed by atoms with Crippen LogP contribution in [0, 0.1) is 0 Å². The van der Waals surface area contributed by atoms with E-state index in [0.717, 1.165) is 23.5 Å². The van der Waals surface area contributed by atoms with Crippen molar-refractivity contribution in [3.8, 4) is 5.75 Å². The molecule has 0 amide bonds. The van der Waals surface area contributed by atoms with Crippen LogP contribution in [-0.4, -0.2) is 16.9 Å². The molecule has 4 nitrogen and oxygen atoms in total. The number of aromatic nitrogens is 2. The molecule has 4 heteroatoms. The predicted molar refractivity (Wildman–Crippen MR) is 63.5 cm³/mol. The summed E-state index contributed by atoms with van der Waals surface area (Å²) in [6.07, 6.45) is 3.74. The molecule has 0 bridgehead atoms. The molecular formula is C12H15N3O. The Bertz CT molecular complexity index is 465. The van der Waals surface area contributed by atoms with Crippen molar-refractivity contribution in [2.24, 2.45) is 7.05 Å². The number of hydrogen-bond acceptors (Lipinski definition) is 3. The highest BCUT2D eigenvalue weighted by atomic mass is 16.5.